The van der Waals surface area contributed by atoms with Crippen LogP contribution in [0.25, 0.3) is 0 Å². The molecule has 5 nitrogen and oxygen atoms in total. The second kappa shape index (κ2) is 6.40. The average molecular weight is 212 g/mol. The zero-order chi connectivity index (χ0) is 11.1. The minimum Gasteiger partial charge on any atom is -0.407 e. The first-order valence-corrected chi connectivity index (χ1v) is 5.59. The minimum absolute atomic E-state index is 0.619. The first-order valence-electron chi connectivity index (χ1n) is 5.59. The van der Waals surface area contributed by atoms with Crippen molar-refractivity contribution in [3.8, 4) is 0 Å². The number of anilines is 1. The molecule has 0 aliphatic heterocycles. The molecule has 15 heavy (non-hydrogen) atoms. The van der Waals surface area contributed by atoms with Crippen molar-refractivity contribution >= 4 is 6.01 Å². The fourth-order valence-electron chi connectivity index (χ4n) is 1.31. The van der Waals surface area contributed by atoms with Gasteiger partial charge in [-0.25, -0.2) is 0 Å². The molecule has 1 aromatic heterocycles. The first-order chi connectivity index (χ1) is 7.31. The minimum atomic E-state index is 0.619. The maximum Gasteiger partial charge on any atom is 0.318 e. The van der Waals surface area contributed by atoms with Crippen molar-refractivity contribution in [1.29, 1.82) is 0 Å². The largest absolute Gasteiger partial charge is 0.407 e. The predicted molar refractivity (Wildman–Crippen MR) is 59.9 cm³/mol. The van der Waals surface area contributed by atoms with Crippen LogP contribution >= 0.6 is 0 Å². The van der Waals surface area contributed by atoms with Crippen LogP contribution in [0.1, 0.15) is 33.1 Å². The summed E-state index contributed by atoms with van der Waals surface area (Å²) in [5.74, 6) is 0.658. The van der Waals surface area contributed by atoms with Gasteiger partial charge in [-0.2, -0.15) is 0 Å². The van der Waals surface area contributed by atoms with Crippen LogP contribution < -0.4 is 10.2 Å². The lowest BCUT2D eigenvalue weighted by molar-refractivity contribution is 0.463. The van der Waals surface area contributed by atoms with Gasteiger partial charge in [0, 0.05) is 13.1 Å². The third kappa shape index (κ3) is 3.51. The Labute approximate surface area is 90.9 Å². The van der Waals surface area contributed by atoms with Gasteiger partial charge in [0.25, 0.3) is 0 Å². The van der Waals surface area contributed by atoms with Gasteiger partial charge >= 0.3 is 6.01 Å². The molecule has 86 valence electrons. The Kier molecular flexibility index (Phi) is 5.10. The highest BCUT2D eigenvalue weighted by Gasteiger charge is 2.10. The van der Waals surface area contributed by atoms with E-state index in [1.807, 2.05) is 4.90 Å². The molecule has 0 aromatic carbocycles. The molecule has 0 spiro atoms. The lowest BCUT2D eigenvalue weighted by atomic mass is 10.5. The molecule has 0 amide bonds. The van der Waals surface area contributed by atoms with Crippen LogP contribution in [0.5, 0.6) is 0 Å². The molecule has 0 fully saturated rings. The van der Waals surface area contributed by atoms with Gasteiger partial charge in [-0.15, -0.1) is 5.10 Å². The Morgan fingerprint density at radius 3 is 2.53 bits per heavy atom. The van der Waals surface area contributed by atoms with Crippen LogP contribution in [0.3, 0.4) is 0 Å². The summed E-state index contributed by atoms with van der Waals surface area (Å²) in [6.45, 7) is 9.68. The number of hydrogen-bond donors (Lipinski definition) is 1. The van der Waals surface area contributed by atoms with Crippen molar-refractivity contribution in [3.63, 3.8) is 0 Å². The molecule has 1 N–H and O–H groups in total. The van der Waals surface area contributed by atoms with Crippen LogP contribution in [0.4, 0.5) is 6.01 Å². The van der Waals surface area contributed by atoms with E-state index in [0.717, 1.165) is 26.1 Å². The van der Waals surface area contributed by atoms with E-state index in [4.69, 9.17) is 4.42 Å². The summed E-state index contributed by atoms with van der Waals surface area (Å²) >= 11 is 0. The van der Waals surface area contributed by atoms with Gasteiger partial charge in [0.05, 0.1) is 6.54 Å². The van der Waals surface area contributed by atoms with Crippen molar-refractivity contribution in [3.05, 3.63) is 5.89 Å². The highest BCUT2D eigenvalue weighted by Crippen LogP contribution is 2.10. The van der Waals surface area contributed by atoms with Crippen molar-refractivity contribution in [2.45, 2.75) is 33.7 Å². The van der Waals surface area contributed by atoms with Gasteiger partial charge in [0.2, 0.25) is 5.89 Å². The topological polar surface area (TPSA) is 54.2 Å². The van der Waals surface area contributed by atoms with Crippen molar-refractivity contribution < 1.29 is 4.42 Å². The SMILES string of the molecule is CCCNCc1nnc(N(CC)CC)o1. The molecule has 0 bridgehead atoms. The maximum atomic E-state index is 5.52. The van der Waals surface area contributed by atoms with Gasteiger partial charge in [0.1, 0.15) is 0 Å². The molecule has 0 radical (unpaired) electrons. The Morgan fingerprint density at radius 2 is 1.93 bits per heavy atom. The van der Waals surface area contributed by atoms with E-state index in [9.17, 15) is 0 Å². The lowest BCUT2D eigenvalue weighted by Gasteiger charge is -2.13. The smallest absolute Gasteiger partial charge is 0.318 e. The Bertz CT molecular complexity index is 270. The average Bonchev–Trinajstić information content (AvgIpc) is 2.69. The molecule has 1 aromatic rings. The van der Waals surface area contributed by atoms with Gasteiger partial charge in [-0.1, -0.05) is 12.0 Å². The van der Waals surface area contributed by atoms with Gasteiger partial charge in [-0.3, -0.25) is 0 Å². The van der Waals surface area contributed by atoms with E-state index >= 15 is 0 Å². The molecular weight excluding hydrogens is 192 g/mol. The van der Waals surface area contributed by atoms with Crippen molar-refractivity contribution in [2.75, 3.05) is 24.5 Å². The summed E-state index contributed by atoms with van der Waals surface area (Å²) in [4.78, 5) is 2.04. The third-order valence-electron chi connectivity index (χ3n) is 2.19. The third-order valence-corrected chi connectivity index (χ3v) is 2.19. The summed E-state index contributed by atoms with van der Waals surface area (Å²) in [5, 5.41) is 11.2. The highest BCUT2D eigenvalue weighted by atomic mass is 16.4. The highest BCUT2D eigenvalue weighted by molar-refractivity contribution is 5.22. The maximum absolute atomic E-state index is 5.52. The van der Waals surface area contributed by atoms with Gasteiger partial charge in [0.15, 0.2) is 0 Å². The number of hydrogen-bond acceptors (Lipinski definition) is 5. The molecule has 0 unspecified atom stereocenters. The predicted octanol–water partition coefficient (Wildman–Crippen LogP) is 1.42. The van der Waals surface area contributed by atoms with Crippen LogP contribution in [0.15, 0.2) is 4.42 Å². The summed E-state index contributed by atoms with van der Waals surface area (Å²) in [5.41, 5.74) is 0. The number of aromatic nitrogens is 2. The Hall–Kier alpha value is -1.10. The van der Waals surface area contributed by atoms with E-state index in [-0.39, 0.29) is 0 Å². The molecular formula is C10H20N4O. The zero-order valence-corrected chi connectivity index (χ0v) is 9.79. The number of rotatable bonds is 7. The fraction of sp³-hybridized carbons (Fsp3) is 0.800. The van der Waals surface area contributed by atoms with Gasteiger partial charge in [-0.05, 0) is 26.8 Å². The van der Waals surface area contributed by atoms with Crippen LogP contribution in [0, 0.1) is 0 Å². The summed E-state index contributed by atoms with van der Waals surface area (Å²) in [6, 6.07) is 0.619. The zero-order valence-electron chi connectivity index (χ0n) is 9.79. The normalized spacial score (nSPS) is 10.6. The molecule has 0 aliphatic rings. The molecule has 1 heterocycles. The molecule has 0 saturated heterocycles. The molecule has 0 aliphatic carbocycles. The summed E-state index contributed by atoms with van der Waals surface area (Å²) < 4.78 is 5.52. The quantitative estimate of drug-likeness (QED) is 0.693. The Morgan fingerprint density at radius 1 is 1.20 bits per heavy atom. The van der Waals surface area contributed by atoms with E-state index in [0.29, 0.717) is 18.5 Å². The van der Waals surface area contributed by atoms with E-state index in [2.05, 4.69) is 36.3 Å². The summed E-state index contributed by atoms with van der Waals surface area (Å²) in [7, 11) is 0. The van der Waals surface area contributed by atoms with E-state index < -0.39 is 0 Å². The van der Waals surface area contributed by atoms with E-state index in [1.165, 1.54) is 0 Å². The van der Waals surface area contributed by atoms with Crippen LogP contribution in [-0.4, -0.2) is 29.8 Å². The lowest BCUT2D eigenvalue weighted by Crippen LogP contribution is -2.22. The van der Waals surface area contributed by atoms with Crippen LogP contribution in [-0.2, 0) is 6.54 Å². The molecule has 5 heteroatoms. The summed E-state index contributed by atoms with van der Waals surface area (Å²) in [6.07, 6.45) is 1.11. The molecule has 0 atom stereocenters. The Balaban J connectivity index is 2.47. The monoisotopic (exact) mass is 212 g/mol. The van der Waals surface area contributed by atoms with Crippen LogP contribution in [0.2, 0.25) is 0 Å². The van der Waals surface area contributed by atoms with Gasteiger partial charge < -0.3 is 14.6 Å². The van der Waals surface area contributed by atoms with E-state index in [1.54, 1.807) is 0 Å². The first kappa shape index (κ1) is 12.0. The molecule has 1 rings (SSSR count). The van der Waals surface area contributed by atoms with Crippen molar-refractivity contribution in [1.82, 2.24) is 15.5 Å². The second-order valence-corrected chi connectivity index (χ2v) is 3.33. The fourth-order valence-corrected chi connectivity index (χ4v) is 1.31. The van der Waals surface area contributed by atoms with Crippen molar-refractivity contribution in [2.24, 2.45) is 0 Å². The number of nitrogens with zero attached hydrogens (tertiary/aromatic N) is 3. The second-order valence-electron chi connectivity index (χ2n) is 3.33. The number of nitrogens with one attached hydrogen (secondary N) is 1. The standard InChI is InChI=1S/C10H20N4O/c1-4-7-11-8-9-12-13-10(15-9)14(5-2)6-3/h11H,4-8H2,1-3H3. The molecule has 0 saturated carbocycles.